The van der Waals surface area contributed by atoms with E-state index in [9.17, 15) is 29.1 Å². The van der Waals surface area contributed by atoms with Crippen molar-refractivity contribution in [3.8, 4) is 0 Å². The van der Waals surface area contributed by atoms with Gasteiger partial charge in [0.05, 0.1) is 6.61 Å². The van der Waals surface area contributed by atoms with Gasteiger partial charge in [0, 0.05) is 20.1 Å². The number of hydrogen-bond donors (Lipinski definition) is 1. The molecule has 3 rings (SSSR count). The Morgan fingerprint density at radius 3 is 2.00 bits per heavy atom. The molecule has 2 aliphatic heterocycles. The third-order valence-corrected chi connectivity index (χ3v) is 8.06. The fourth-order valence-electron chi connectivity index (χ4n) is 5.74. The van der Waals surface area contributed by atoms with E-state index in [2.05, 4.69) is 0 Å². The third-order valence-electron chi connectivity index (χ3n) is 8.06. The fourth-order valence-corrected chi connectivity index (χ4v) is 5.74. The largest absolute Gasteiger partial charge is 0.480 e. The highest BCUT2D eigenvalue weighted by atomic mass is 16.6. The van der Waals surface area contributed by atoms with Crippen LogP contribution >= 0.6 is 0 Å². The number of esters is 1. The number of carbonyl (C=O) groups is 5. The molecule has 232 valence electrons. The SMILES string of the molecule is CC(C)[C@H](OC(=O)[C@@H]1CCCN1C(=O)[C@H](C)OCc1ccccc1)C(=O)N(C)[C@@H](C(=O)N1CCC[C@H]1C(=O)O)C(C)C. The van der Waals surface area contributed by atoms with Gasteiger partial charge in [-0.1, -0.05) is 58.0 Å². The van der Waals surface area contributed by atoms with Crippen LogP contribution in [0.2, 0.25) is 0 Å². The zero-order valence-electron chi connectivity index (χ0n) is 25.5. The smallest absolute Gasteiger partial charge is 0.329 e. The molecule has 2 aliphatic rings. The fraction of sp³-hybridized carbons (Fsp3) is 0.645. The first-order valence-electron chi connectivity index (χ1n) is 14.8. The van der Waals surface area contributed by atoms with Crippen LogP contribution in [0.5, 0.6) is 0 Å². The van der Waals surface area contributed by atoms with Crippen molar-refractivity contribution >= 4 is 29.7 Å². The number of ether oxygens (including phenoxy) is 2. The van der Waals surface area contributed by atoms with Crippen LogP contribution < -0.4 is 0 Å². The van der Waals surface area contributed by atoms with Crippen LogP contribution in [-0.4, -0.2) is 99.9 Å². The van der Waals surface area contributed by atoms with E-state index in [0.29, 0.717) is 38.8 Å². The van der Waals surface area contributed by atoms with E-state index in [1.54, 1.807) is 34.6 Å². The summed E-state index contributed by atoms with van der Waals surface area (Å²) in [6.45, 7) is 9.66. The molecule has 2 saturated heterocycles. The van der Waals surface area contributed by atoms with Gasteiger partial charge in [-0.3, -0.25) is 14.4 Å². The third kappa shape index (κ3) is 7.67. The number of carboxylic acid groups (broad SMARTS) is 1. The number of rotatable bonds is 12. The molecular weight excluding hydrogens is 542 g/mol. The van der Waals surface area contributed by atoms with Gasteiger partial charge in [0.25, 0.3) is 11.8 Å². The minimum Gasteiger partial charge on any atom is -0.480 e. The van der Waals surface area contributed by atoms with E-state index < -0.39 is 60.0 Å². The molecule has 1 aromatic carbocycles. The second-order valence-corrected chi connectivity index (χ2v) is 11.9. The number of likely N-dealkylation sites (N-methyl/N-ethyl adjacent to an activating group) is 1. The Morgan fingerprint density at radius 1 is 0.881 bits per heavy atom. The number of likely N-dealkylation sites (tertiary alicyclic amines) is 2. The standard InChI is InChI=1S/C31H45N3O8/c1-19(2)25(28(36)33-16-10-14-23(33)30(38)39)32(6)29(37)26(20(3)4)42-31(40)24-15-11-17-34(24)27(35)21(5)41-18-22-12-8-7-9-13-22/h7-9,12-13,19-21,23-26H,10-11,14-18H2,1-6H3,(H,38,39)/t21-,23-,24-,25+,26-/m0/s1. The Labute approximate surface area is 248 Å². The van der Waals surface area contributed by atoms with Crippen LogP contribution in [0.1, 0.15) is 65.9 Å². The van der Waals surface area contributed by atoms with E-state index in [1.807, 2.05) is 30.3 Å². The Kier molecular flexibility index (Phi) is 11.5. The van der Waals surface area contributed by atoms with Crippen molar-refractivity contribution in [1.82, 2.24) is 14.7 Å². The Morgan fingerprint density at radius 2 is 1.45 bits per heavy atom. The van der Waals surface area contributed by atoms with Crippen LogP contribution in [0, 0.1) is 11.8 Å². The lowest BCUT2D eigenvalue weighted by Gasteiger charge is -2.37. The van der Waals surface area contributed by atoms with Gasteiger partial charge in [0.1, 0.15) is 24.2 Å². The van der Waals surface area contributed by atoms with Gasteiger partial charge in [0.15, 0.2) is 6.10 Å². The number of hydrogen-bond acceptors (Lipinski definition) is 7. The second kappa shape index (κ2) is 14.6. The van der Waals surface area contributed by atoms with Crippen LogP contribution in [-0.2, 0) is 40.1 Å². The first kappa shape index (κ1) is 33.0. The molecule has 2 fully saturated rings. The van der Waals surface area contributed by atoms with E-state index in [4.69, 9.17) is 9.47 Å². The molecule has 2 heterocycles. The number of aliphatic carboxylic acids is 1. The molecule has 0 saturated carbocycles. The highest BCUT2D eigenvalue weighted by molar-refractivity contribution is 5.93. The molecule has 0 radical (unpaired) electrons. The quantitative estimate of drug-likeness (QED) is 0.369. The van der Waals surface area contributed by atoms with Crippen molar-refractivity contribution in [3.05, 3.63) is 35.9 Å². The van der Waals surface area contributed by atoms with Crippen LogP contribution in [0.25, 0.3) is 0 Å². The number of carboxylic acids is 1. The summed E-state index contributed by atoms with van der Waals surface area (Å²) >= 11 is 0. The molecule has 0 unspecified atom stereocenters. The average molecular weight is 588 g/mol. The molecule has 1 N–H and O–H groups in total. The lowest BCUT2D eigenvalue weighted by Crippen LogP contribution is -2.57. The predicted octanol–water partition coefficient (Wildman–Crippen LogP) is 2.71. The summed E-state index contributed by atoms with van der Waals surface area (Å²) in [5, 5.41) is 9.57. The molecule has 42 heavy (non-hydrogen) atoms. The summed E-state index contributed by atoms with van der Waals surface area (Å²) in [6.07, 6.45) is -0.00266. The first-order chi connectivity index (χ1) is 19.8. The van der Waals surface area contributed by atoms with Gasteiger partial charge in [-0.05, 0) is 50.0 Å². The van der Waals surface area contributed by atoms with Crippen molar-refractivity contribution < 1.29 is 38.6 Å². The summed E-state index contributed by atoms with van der Waals surface area (Å²) in [5.74, 6) is -3.77. The van der Waals surface area contributed by atoms with Crippen molar-refractivity contribution in [3.63, 3.8) is 0 Å². The molecule has 11 heteroatoms. The summed E-state index contributed by atoms with van der Waals surface area (Å²) in [6, 6.07) is 6.79. The minimum absolute atomic E-state index is 0.257. The average Bonchev–Trinajstić information content (AvgIpc) is 3.64. The number of benzene rings is 1. The predicted molar refractivity (Wildman–Crippen MR) is 154 cm³/mol. The molecular formula is C31H45N3O8. The lowest BCUT2D eigenvalue weighted by atomic mass is 9.98. The Balaban J connectivity index is 1.69. The van der Waals surface area contributed by atoms with Gasteiger partial charge in [-0.15, -0.1) is 0 Å². The van der Waals surface area contributed by atoms with Gasteiger partial charge >= 0.3 is 11.9 Å². The number of carbonyl (C=O) groups excluding carboxylic acids is 4. The lowest BCUT2D eigenvalue weighted by molar-refractivity contribution is -0.171. The summed E-state index contributed by atoms with van der Waals surface area (Å²) in [4.78, 5) is 69.6. The van der Waals surface area contributed by atoms with E-state index in [0.717, 1.165) is 5.56 Å². The molecule has 0 spiro atoms. The molecule has 0 aliphatic carbocycles. The van der Waals surface area contributed by atoms with Crippen LogP contribution in [0.4, 0.5) is 0 Å². The van der Waals surface area contributed by atoms with Crippen molar-refractivity contribution in [2.75, 3.05) is 20.1 Å². The maximum absolute atomic E-state index is 13.7. The van der Waals surface area contributed by atoms with Crippen molar-refractivity contribution in [2.24, 2.45) is 11.8 Å². The van der Waals surface area contributed by atoms with Gasteiger partial charge < -0.3 is 29.3 Å². The number of amides is 3. The highest BCUT2D eigenvalue weighted by Gasteiger charge is 2.44. The van der Waals surface area contributed by atoms with Crippen molar-refractivity contribution in [1.29, 1.82) is 0 Å². The van der Waals surface area contributed by atoms with Crippen LogP contribution in [0.3, 0.4) is 0 Å². The Bertz CT molecular complexity index is 1120. The molecule has 5 atom stereocenters. The monoisotopic (exact) mass is 587 g/mol. The highest BCUT2D eigenvalue weighted by Crippen LogP contribution is 2.26. The van der Waals surface area contributed by atoms with Crippen LogP contribution in [0.15, 0.2) is 30.3 Å². The van der Waals surface area contributed by atoms with E-state index in [1.165, 1.54) is 21.7 Å². The second-order valence-electron chi connectivity index (χ2n) is 11.9. The maximum Gasteiger partial charge on any atom is 0.329 e. The topological polar surface area (TPSA) is 134 Å². The van der Waals surface area contributed by atoms with Crippen molar-refractivity contribution in [2.45, 2.75) is 97.2 Å². The summed E-state index contributed by atoms with van der Waals surface area (Å²) in [7, 11) is 1.48. The molecule has 11 nitrogen and oxygen atoms in total. The maximum atomic E-state index is 13.7. The summed E-state index contributed by atoms with van der Waals surface area (Å²) < 4.78 is 11.6. The molecule has 0 bridgehead atoms. The number of nitrogens with zero attached hydrogens (tertiary/aromatic N) is 3. The van der Waals surface area contributed by atoms with Gasteiger partial charge in [-0.25, -0.2) is 9.59 Å². The zero-order chi connectivity index (χ0) is 31.1. The zero-order valence-corrected chi connectivity index (χ0v) is 25.5. The molecule has 1 aromatic rings. The molecule has 0 aromatic heterocycles. The van der Waals surface area contributed by atoms with Gasteiger partial charge in [0.2, 0.25) is 5.91 Å². The summed E-state index contributed by atoms with van der Waals surface area (Å²) in [5.41, 5.74) is 0.929. The Hall–Kier alpha value is -3.47. The minimum atomic E-state index is -1.19. The molecule has 3 amide bonds. The van der Waals surface area contributed by atoms with Gasteiger partial charge in [-0.2, -0.15) is 0 Å². The van der Waals surface area contributed by atoms with E-state index >= 15 is 0 Å². The normalized spacial score (nSPS) is 20.9. The van der Waals surface area contributed by atoms with E-state index in [-0.39, 0.29) is 18.4 Å². The first-order valence-corrected chi connectivity index (χ1v) is 14.8.